The minimum atomic E-state index is -0.271. The van der Waals surface area contributed by atoms with Gasteiger partial charge in [-0.1, -0.05) is 13.8 Å². The summed E-state index contributed by atoms with van der Waals surface area (Å²) in [5.41, 5.74) is 1.46. The van der Waals surface area contributed by atoms with Crippen molar-refractivity contribution in [3.63, 3.8) is 0 Å². The first-order valence-corrected chi connectivity index (χ1v) is 11.7. The van der Waals surface area contributed by atoms with Crippen molar-refractivity contribution in [1.82, 2.24) is 25.0 Å². The van der Waals surface area contributed by atoms with Crippen LogP contribution in [0.4, 0.5) is 0 Å². The van der Waals surface area contributed by atoms with Crippen LogP contribution < -0.4 is 19.5 Å². The number of carbonyl (C=O) groups is 1. The molecule has 0 bridgehead atoms. The number of amides is 1. The molecular formula is C25H33N5O5. The van der Waals surface area contributed by atoms with Crippen molar-refractivity contribution < 1.29 is 23.4 Å². The first-order valence-electron chi connectivity index (χ1n) is 11.7. The van der Waals surface area contributed by atoms with E-state index in [1.165, 1.54) is 12.5 Å². The summed E-state index contributed by atoms with van der Waals surface area (Å²) in [5.74, 6) is 3.77. The maximum absolute atomic E-state index is 12.7. The molecular weight excluding hydrogens is 450 g/mol. The van der Waals surface area contributed by atoms with E-state index in [1.54, 1.807) is 27.4 Å². The van der Waals surface area contributed by atoms with E-state index in [1.807, 2.05) is 12.1 Å². The molecule has 10 nitrogen and oxygen atoms in total. The molecule has 1 aliphatic rings. The first kappa shape index (κ1) is 24.6. The van der Waals surface area contributed by atoms with Crippen molar-refractivity contribution in [2.75, 3.05) is 34.4 Å². The Labute approximate surface area is 205 Å². The number of fused-ring (bicyclic) bond motifs is 1. The van der Waals surface area contributed by atoms with Crippen molar-refractivity contribution in [3.05, 3.63) is 53.5 Å². The fraction of sp³-hybridized carbons (Fsp3) is 0.480. The molecule has 0 fully saturated rings. The number of rotatable bonds is 9. The molecule has 0 saturated heterocycles. The number of ether oxygens (including phenoxy) is 3. The maximum atomic E-state index is 12.7. The quantitative estimate of drug-likeness (QED) is 0.495. The Hall–Kier alpha value is -3.53. The number of hydrogen-bond donors (Lipinski definition) is 1. The smallest absolute Gasteiger partial charge is 0.255 e. The number of furan rings is 1. The van der Waals surface area contributed by atoms with Gasteiger partial charge in [0.2, 0.25) is 0 Å². The summed E-state index contributed by atoms with van der Waals surface area (Å²) in [6.45, 7) is 7.10. The number of methoxy groups -OCH3 is 3. The van der Waals surface area contributed by atoms with Crippen molar-refractivity contribution in [3.8, 4) is 17.2 Å². The number of nitrogens with zero attached hydrogens (tertiary/aromatic N) is 4. The molecule has 3 aromatic rings. The van der Waals surface area contributed by atoms with Crippen LogP contribution in [-0.2, 0) is 19.5 Å². The van der Waals surface area contributed by atoms with E-state index in [4.69, 9.17) is 18.6 Å². The van der Waals surface area contributed by atoms with Gasteiger partial charge in [-0.15, -0.1) is 10.2 Å². The van der Waals surface area contributed by atoms with Crippen LogP contribution in [-0.4, -0.2) is 60.0 Å². The van der Waals surface area contributed by atoms with Crippen LogP contribution in [0.5, 0.6) is 17.2 Å². The number of benzene rings is 1. The normalized spacial score (nSPS) is 14.8. The summed E-state index contributed by atoms with van der Waals surface area (Å²) in [6, 6.07) is 5.13. The number of carbonyl (C=O) groups excluding carboxylic acids is 1. The fourth-order valence-corrected chi connectivity index (χ4v) is 4.38. The lowest BCUT2D eigenvalue weighted by molar-refractivity contribution is 0.0921. The molecule has 3 heterocycles. The zero-order valence-electron chi connectivity index (χ0n) is 20.9. The molecule has 0 unspecified atom stereocenters. The molecule has 0 aliphatic carbocycles. The lowest BCUT2D eigenvalue weighted by Crippen LogP contribution is -2.34. The fourth-order valence-electron chi connectivity index (χ4n) is 4.38. The summed E-state index contributed by atoms with van der Waals surface area (Å²) < 4.78 is 23.8. The van der Waals surface area contributed by atoms with E-state index in [2.05, 4.69) is 38.8 Å². The molecule has 1 aromatic carbocycles. The Morgan fingerprint density at radius 1 is 1.09 bits per heavy atom. The highest BCUT2D eigenvalue weighted by atomic mass is 16.5. The molecule has 1 atom stereocenters. The Morgan fingerprint density at radius 2 is 1.83 bits per heavy atom. The Kier molecular flexibility index (Phi) is 7.60. The highest BCUT2D eigenvalue weighted by molar-refractivity contribution is 5.94. The van der Waals surface area contributed by atoms with Crippen LogP contribution in [0.3, 0.4) is 0 Å². The standard InChI is InChI=1S/C25H33N5O5/c1-16(2)23(26-25(31)17-7-11-35-15-17)24-28-27-22-6-8-29(9-10-30(22)24)14-19-20(33-4)12-18(32-3)13-21(19)34-5/h7,11-13,15-16,23H,6,8-10,14H2,1-5H3,(H,26,31)/t23-/m0/s1. The second-order valence-electron chi connectivity index (χ2n) is 8.87. The first-order chi connectivity index (χ1) is 16.9. The van der Waals surface area contributed by atoms with Gasteiger partial charge in [0, 0.05) is 44.7 Å². The second-order valence-corrected chi connectivity index (χ2v) is 8.87. The van der Waals surface area contributed by atoms with Crippen molar-refractivity contribution in [2.45, 2.75) is 39.4 Å². The third-order valence-electron chi connectivity index (χ3n) is 6.36. The molecule has 4 rings (SSSR count). The molecule has 188 valence electrons. The maximum Gasteiger partial charge on any atom is 0.255 e. The van der Waals surface area contributed by atoms with Crippen molar-refractivity contribution in [2.24, 2.45) is 5.92 Å². The highest BCUT2D eigenvalue weighted by Crippen LogP contribution is 2.35. The van der Waals surface area contributed by atoms with E-state index in [9.17, 15) is 4.79 Å². The average molecular weight is 484 g/mol. The number of nitrogens with one attached hydrogen (secondary N) is 1. The Balaban J connectivity index is 1.52. The monoisotopic (exact) mass is 483 g/mol. The van der Waals surface area contributed by atoms with Gasteiger partial charge in [-0.05, 0) is 12.0 Å². The summed E-state index contributed by atoms with van der Waals surface area (Å²) >= 11 is 0. The molecule has 1 aliphatic heterocycles. The van der Waals surface area contributed by atoms with Gasteiger partial charge in [-0.25, -0.2) is 0 Å². The average Bonchev–Trinajstić information content (AvgIpc) is 3.50. The lowest BCUT2D eigenvalue weighted by atomic mass is 10.0. The van der Waals surface area contributed by atoms with E-state index in [-0.39, 0.29) is 17.9 Å². The number of hydrogen-bond acceptors (Lipinski definition) is 8. The third-order valence-corrected chi connectivity index (χ3v) is 6.36. The van der Waals surface area contributed by atoms with E-state index < -0.39 is 0 Å². The topological polar surface area (TPSA) is 104 Å². The largest absolute Gasteiger partial charge is 0.496 e. The van der Waals surface area contributed by atoms with Crippen LogP contribution >= 0.6 is 0 Å². The van der Waals surface area contributed by atoms with Gasteiger partial charge >= 0.3 is 0 Å². The molecule has 2 aromatic heterocycles. The Bertz CT molecular complexity index is 1120. The molecule has 35 heavy (non-hydrogen) atoms. The van der Waals surface area contributed by atoms with Gasteiger partial charge in [0.1, 0.15) is 29.3 Å². The van der Waals surface area contributed by atoms with Gasteiger partial charge in [0.25, 0.3) is 5.91 Å². The third kappa shape index (κ3) is 5.27. The van der Waals surface area contributed by atoms with Crippen LogP contribution in [0.25, 0.3) is 0 Å². The number of aromatic nitrogens is 3. The van der Waals surface area contributed by atoms with Gasteiger partial charge in [0.15, 0.2) is 5.82 Å². The minimum Gasteiger partial charge on any atom is -0.496 e. The Morgan fingerprint density at radius 3 is 2.43 bits per heavy atom. The predicted molar refractivity (Wildman–Crippen MR) is 129 cm³/mol. The minimum absolute atomic E-state index is 0.131. The van der Waals surface area contributed by atoms with Crippen LogP contribution in [0.1, 0.15) is 47.5 Å². The van der Waals surface area contributed by atoms with Gasteiger partial charge in [-0.3, -0.25) is 9.69 Å². The molecule has 0 radical (unpaired) electrons. The zero-order valence-corrected chi connectivity index (χ0v) is 20.9. The SMILES string of the molecule is COc1cc(OC)c(CN2CCc3nnc([C@@H](NC(=O)c4ccoc4)C(C)C)n3CC2)c(OC)c1. The summed E-state index contributed by atoms with van der Waals surface area (Å²) in [4.78, 5) is 15.1. The van der Waals surface area contributed by atoms with E-state index in [0.29, 0.717) is 24.4 Å². The van der Waals surface area contributed by atoms with E-state index in [0.717, 1.165) is 48.2 Å². The summed E-state index contributed by atoms with van der Waals surface area (Å²) in [5, 5.41) is 12.1. The molecule has 0 saturated carbocycles. The molecule has 10 heteroatoms. The second kappa shape index (κ2) is 10.8. The van der Waals surface area contributed by atoms with Gasteiger partial charge in [0.05, 0.1) is 44.8 Å². The van der Waals surface area contributed by atoms with Crippen LogP contribution in [0.2, 0.25) is 0 Å². The zero-order chi connectivity index (χ0) is 24.9. The summed E-state index contributed by atoms with van der Waals surface area (Å²) in [7, 11) is 4.92. The van der Waals surface area contributed by atoms with Gasteiger partial charge in [-0.2, -0.15) is 0 Å². The van der Waals surface area contributed by atoms with Gasteiger partial charge < -0.3 is 28.5 Å². The summed E-state index contributed by atoms with van der Waals surface area (Å²) in [6.07, 6.45) is 3.68. The van der Waals surface area contributed by atoms with Crippen molar-refractivity contribution in [1.29, 1.82) is 0 Å². The highest BCUT2D eigenvalue weighted by Gasteiger charge is 2.28. The van der Waals surface area contributed by atoms with E-state index >= 15 is 0 Å². The molecule has 1 amide bonds. The van der Waals surface area contributed by atoms with Crippen molar-refractivity contribution >= 4 is 5.91 Å². The lowest BCUT2D eigenvalue weighted by Gasteiger charge is -2.24. The van der Waals surface area contributed by atoms with Crippen LogP contribution in [0.15, 0.2) is 35.1 Å². The van der Waals surface area contributed by atoms with Crippen LogP contribution in [0, 0.1) is 5.92 Å². The molecule has 0 spiro atoms. The molecule has 1 N–H and O–H groups in total. The predicted octanol–water partition coefficient (Wildman–Crippen LogP) is 3.08.